The molecule has 1 amide bonds. The van der Waals surface area contributed by atoms with Crippen molar-refractivity contribution in [2.45, 2.75) is 12.3 Å². The normalized spacial score (nSPS) is 17.3. The Labute approximate surface area is 138 Å². The lowest BCUT2D eigenvalue weighted by atomic mass is 9.98. The smallest absolute Gasteiger partial charge is 0.345 e. The van der Waals surface area contributed by atoms with Gasteiger partial charge in [0, 0.05) is 19.0 Å². The molecule has 2 aromatic rings. The van der Waals surface area contributed by atoms with Gasteiger partial charge in [0.1, 0.15) is 10.6 Å². The fourth-order valence-electron chi connectivity index (χ4n) is 2.82. The van der Waals surface area contributed by atoms with E-state index in [-0.39, 0.29) is 10.8 Å². The number of benzene rings is 1. The Morgan fingerprint density at radius 3 is 2.48 bits per heavy atom. The van der Waals surface area contributed by atoms with Crippen LogP contribution in [0.15, 0.2) is 36.4 Å². The lowest BCUT2D eigenvalue weighted by Gasteiger charge is -2.16. The van der Waals surface area contributed by atoms with Crippen molar-refractivity contribution in [2.24, 2.45) is 0 Å². The van der Waals surface area contributed by atoms with Crippen LogP contribution in [0.5, 0.6) is 5.75 Å². The topological polar surface area (TPSA) is 66.8 Å². The van der Waals surface area contributed by atoms with Gasteiger partial charge in [-0.15, -0.1) is 11.3 Å². The van der Waals surface area contributed by atoms with Gasteiger partial charge in [-0.3, -0.25) is 4.79 Å². The van der Waals surface area contributed by atoms with Crippen molar-refractivity contribution in [1.29, 1.82) is 0 Å². The molecule has 3 rings (SSSR count). The molecule has 1 fully saturated rings. The van der Waals surface area contributed by atoms with Crippen LogP contribution >= 0.6 is 11.3 Å². The van der Waals surface area contributed by atoms with E-state index in [2.05, 4.69) is 0 Å². The molecule has 23 heavy (non-hydrogen) atoms. The van der Waals surface area contributed by atoms with Gasteiger partial charge in [0.05, 0.1) is 12.0 Å². The van der Waals surface area contributed by atoms with Crippen LogP contribution in [0, 0.1) is 0 Å². The van der Waals surface area contributed by atoms with Crippen LogP contribution in [0.1, 0.15) is 37.2 Å². The second-order valence-corrected chi connectivity index (χ2v) is 6.56. The monoisotopic (exact) mass is 331 g/mol. The largest absolute Gasteiger partial charge is 0.497 e. The molecule has 1 atom stereocenters. The number of carboxylic acids is 1. The van der Waals surface area contributed by atoms with Crippen molar-refractivity contribution in [3.8, 4) is 5.75 Å². The summed E-state index contributed by atoms with van der Waals surface area (Å²) in [7, 11) is 1.64. The molecule has 6 heteroatoms. The Balaban J connectivity index is 1.68. The first-order chi connectivity index (χ1) is 11.1. The predicted molar refractivity (Wildman–Crippen MR) is 87.5 cm³/mol. The summed E-state index contributed by atoms with van der Waals surface area (Å²) in [6, 6.07) is 11.0. The highest BCUT2D eigenvalue weighted by molar-refractivity contribution is 7.15. The van der Waals surface area contributed by atoms with Gasteiger partial charge in [-0.25, -0.2) is 4.79 Å². The molecule has 1 aliphatic heterocycles. The Hall–Kier alpha value is -2.34. The number of carbonyl (C=O) groups is 2. The number of likely N-dealkylation sites (tertiary alicyclic amines) is 1. The summed E-state index contributed by atoms with van der Waals surface area (Å²) < 4.78 is 5.16. The molecular formula is C17H17NO4S. The number of ether oxygens (including phenoxy) is 1. The van der Waals surface area contributed by atoms with Gasteiger partial charge in [-0.05, 0) is 36.2 Å². The molecule has 0 bridgehead atoms. The van der Waals surface area contributed by atoms with E-state index in [4.69, 9.17) is 9.84 Å². The standard InChI is InChI=1S/C17H17NO4S/c1-22-13-4-2-11(3-5-13)12-8-9-18(10-12)16(19)14-6-7-15(23-14)17(20)21/h2-7,12H,8-10H2,1H3,(H,20,21). The van der Waals surface area contributed by atoms with Gasteiger partial charge in [0.15, 0.2) is 0 Å². The number of carbonyl (C=O) groups excluding carboxylic acids is 1. The van der Waals surface area contributed by atoms with Gasteiger partial charge < -0.3 is 14.7 Å². The highest BCUT2D eigenvalue weighted by Crippen LogP contribution is 2.30. The summed E-state index contributed by atoms with van der Waals surface area (Å²) in [5.41, 5.74) is 1.19. The maximum absolute atomic E-state index is 12.5. The number of methoxy groups -OCH3 is 1. The fourth-order valence-corrected chi connectivity index (χ4v) is 3.63. The van der Waals surface area contributed by atoms with Crippen LogP contribution < -0.4 is 4.74 Å². The van der Waals surface area contributed by atoms with Gasteiger partial charge in [0.25, 0.3) is 5.91 Å². The molecule has 1 aliphatic rings. The first-order valence-corrected chi connectivity index (χ1v) is 8.16. The quantitative estimate of drug-likeness (QED) is 0.935. The zero-order valence-corrected chi connectivity index (χ0v) is 13.5. The number of amides is 1. The fraction of sp³-hybridized carbons (Fsp3) is 0.294. The van der Waals surface area contributed by atoms with E-state index in [0.717, 1.165) is 23.5 Å². The summed E-state index contributed by atoms with van der Waals surface area (Å²) in [4.78, 5) is 25.9. The average molecular weight is 331 g/mol. The van der Waals surface area contributed by atoms with Crippen molar-refractivity contribution in [1.82, 2.24) is 4.90 Å². The first kappa shape index (κ1) is 15.6. The van der Waals surface area contributed by atoms with Crippen molar-refractivity contribution < 1.29 is 19.4 Å². The minimum atomic E-state index is -0.994. The van der Waals surface area contributed by atoms with Gasteiger partial charge >= 0.3 is 5.97 Å². The van der Waals surface area contributed by atoms with Crippen LogP contribution in [0.3, 0.4) is 0 Å². The minimum Gasteiger partial charge on any atom is -0.497 e. The second-order valence-electron chi connectivity index (χ2n) is 5.48. The molecule has 0 radical (unpaired) electrons. The van der Waals surface area contributed by atoms with Crippen LogP contribution in [0.4, 0.5) is 0 Å². The average Bonchev–Trinajstić information content (AvgIpc) is 3.24. The SMILES string of the molecule is COc1ccc(C2CCN(C(=O)c3ccc(C(=O)O)s3)C2)cc1. The Morgan fingerprint density at radius 2 is 1.87 bits per heavy atom. The molecular weight excluding hydrogens is 314 g/mol. The predicted octanol–water partition coefficient (Wildman–Crippen LogP) is 3.08. The summed E-state index contributed by atoms with van der Waals surface area (Å²) in [5, 5.41) is 8.95. The molecule has 0 saturated carbocycles. The zero-order chi connectivity index (χ0) is 16.4. The molecule has 1 saturated heterocycles. The lowest BCUT2D eigenvalue weighted by molar-refractivity contribution is 0.0701. The van der Waals surface area contributed by atoms with E-state index in [1.54, 1.807) is 18.1 Å². The molecule has 1 N–H and O–H groups in total. The van der Waals surface area contributed by atoms with E-state index in [9.17, 15) is 9.59 Å². The first-order valence-electron chi connectivity index (χ1n) is 7.35. The third kappa shape index (κ3) is 3.22. The Bertz CT molecular complexity index is 722. The zero-order valence-electron chi connectivity index (χ0n) is 12.7. The van der Waals surface area contributed by atoms with E-state index in [1.807, 2.05) is 24.3 Å². The minimum absolute atomic E-state index is 0.0847. The van der Waals surface area contributed by atoms with E-state index in [1.165, 1.54) is 11.6 Å². The van der Waals surface area contributed by atoms with Gasteiger partial charge in [-0.2, -0.15) is 0 Å². The van der Waals surface area contributed by atoms with E-state index < -0.39 is 5.97 Å². The van der Waals surface area contributed by atoms with E-state index >= 15 is 0 Å². The van der Waals surface area contributed by atoms with Crippen molar-refractivity contribution in [2.75, 3.05) is 20.2 Å². The number of rotatable bonds is 4. The van der Waals surface area contributed by atoms with Gasteiger partial charge in [0.2, 0.25) is 0 Å². The molecule has 1 aromatic heterocycles. The third-order valence-electron chi connectivity index (χ3n) is 4.09. The van der Waals surface area contributed by atoms with Crippen LogP contribution in [-0.4, -0.2) is 42.1 Å². The summed E-state index contributed by atoms with van der Waals surface area (Å²) in [6.45, 7) is 1.35. The molecule has 120 valence electrons. The van der Waals surface area contributed by atoms with Crippen molar-refractivity contribution in [3.05, 3.63) is 51.7 Å². The maximum Gasteiger partial charge on any atom is 0.345 e. The molecule has 1 unspecified atom stereocenters. The number of thiophene rings is 1. The van der Waals surface area contributed by atoms with Crippen LogP contribution in [0.2, 0.25) is 0 Å². The second kappa shape index (κ2) is 6.42. The van der Waals surface area contributed by atoms with E-state index in [0.29, 0.717) is 23.9 Å². The Morgan fingerprint density at radius 1 is 1.17 bits per heavy atom. The molecule has 0 aliphatic carbocycles. The Kier molecular flexibility index (Phi) is 4.34. The number of carboxylic acid groups (broad SMARTS) is 1. The summed E-state index contributed by atoms with van der Waals surface area (Å²) in [6.07, 6.45) is 0.912. The van der Waals surface area contributed by atoms with Gasteiger partial charge in [-0.1, -0.05) is 12.1 Å². The maximum atomic E-state index is 12.5. The summed E-state index contributed by atoms with van der Waals surface area (Å²) >= 11 is 1.03. The molecule has 2 heterocycles. The van der Waals surface area contributed by atoms with Crippen molar-refractivity contribution >= 4 is 23.2 Å². The van der Waals surface area contributed by atoms with Crippen molar-refractivity contribution in [3.63, 3.8) is 0 Å². The number of nitrogens with zero attached hydrogens (tertiary/aromatic N) is 1. The number of hydrogen-bond donors (Lipinski definition) is 1. The third-order valence-corrected chi connectivity index (χ3v) is 5.15. The molecule has 0 spiro atoms. The van der Waals surface area contributed by atoms with Crippen LogP contribution in [-0.2, 0) is 0 Å². The molecule has 5 nitrogen and oxygen atoms in total. The highest BCUT2D eigenvalue weighted by Gasteiger charge is 2.29. The lowest BCUT2D eigenvalue weighted by Crippen LogP contribution is -2.27. The van der Waals surface area contributed by atoms with Crippen LogP contribution in [0.25, 0.3) is 0 Å². The number of aromatic carboxylic acids is 1. The molecule has 1 aromatic carbocycles. The number of hydrogen-bond acceptors (Lipinski definition) is 4. The highest BCUT2D eigenvalue weighted by atomic mass is 32.1. The summed E-state index contributed by atoms with van der Waals surface area (Å²) in [5.74, 6) is 0.0494.